The van der Waals surface area contributed by atoms with Crippen molar-refractivity contribution in [3.8, 4) is 28.3 Å². The van der Waals surface area contributed by atoms with E-state index in [1.807, 2.05) is 36.7 Å². The predicted octanol–water partition coefficient (Wildman–Crippen LogP) is 5.89. The Bertz CT molecular complexity index is 828. The van der Waals surface area contributed by atoms with Gasteiger partial charge in [-0.2, -0.15) is 0 Å². The second-order valence-electron chi connectivity index (χ2n) is 6.71. The van der Waals surface area contributed by atoms with Crippen molar-refractivity contribution in [2.75, 3.05) is 6.61 Å². The summed E-state index contributed by atoms with van der Waals surface area (Å²) in [5.41, 5.74) is 4.38. The third kappa shape index (κ3) is 5.36. The number of aromatic nitrogens is 2. The van der Waals surface area contributed by atoms with Gasteiger partial charge in [-0.1, -0.05) is 37.6 Å². The molecule has 3 nitrogen and oxygen atoms in total. The van der Waals surface area contributed by atoms with Crippen molar-refractivity contribution in [1.29, 1.82) is 0 Å². The summed E-state index contributed by atoms with van der Waals surface area (Å²) in [7, 11) is 0. The lowest BCUT2D eigenvalue weighted by Gasteiger charge is -2.08. The summed E-state index contributed by atoms with van der Waals surface area (Å²) >= 11 is 0. The van der Waals surface area contributed by atoms with Crippen LogP contribution in [-0.4, -0.2) is 22.7 Å². The van der Waals surface area contributed by atoms with E-state index in [-0.39, 0.29) is 6.61 Å². The Morgan fingerprint density at radius 3 is 2.11 bits per heavy atom. The van der Waals surface area contributed by atoms with Crippen LogP contribution in [0, 0.1) is 0 Å². The minimum Gasteiger partial charge on any atom is -0.491 e. The number of nitrogens with zero attached hydrogens (tertiary/aromatic N) is 2. The SMILES string of the molecule is CCCCc1ccc(-c2cnc(-c3ccc(OCC(C)F)cc3)nc2)cc1. The lowest BCUT2D eigenvalue weighted by molar-refractivity contribution is 0.210. The number of unbranched alkanes of at least 4 members (excludes halogenated alkanes) is 1. The Morgan fingerprint density at radius 1 is 0.889 bits per heavy atom. The van der Waals surface area contributed by atoms with E-state index in [0.29, 0.717) is 11.6 Å². The molecule has 0 aliphatic heterocycles. The Hall–Kier alpha value is -2.75. The second-order valence-corrected chi connectivity index (χ2v) is 6.71. The Morgan fingerprint density at radius 2 is 1.52 bits per heavy atom. The molecule has 0 saturated heterocycles. The molecule has 0 bridgehead atoms. The van der Waals surface area contributed by atoms with E-state index in [2.05, 4.69) is 41.2 Å². The van der Waals surface area contributed by atoms with E-state index in [0.717, 1.165) is 23.1 Å². The zero-order valence-electron chi connectivity index (χ0n) is 15.9. The molecule has 27 heavy (non-hydrogen) atoms. The molecule has 0 radical (unpaired) electrons. The average molecular weight is 364 g/mol. The maximum absolute atomic E-state index is 12.8. The van der Waals surface area contributed by atoms with E-state index >= 15 is 0 Å². The highest BCUT2D eigenvalue weighted by atomic mass is 19.1. The summed E-state index contributed by atoms with van der Waals surface area (Å²) < 4.78 is 18.2. The van der Waals surface area contributed by atoms with Crippen LogP contribution in [0.1, 0.15) is 32.3 Å². The second kappa shape index (κ2) is 9.26. The van der Waals surface area contributed by atoms with Crippen LogP contribution >= 0.6 is 0 Å². The minimum atomic E-state index is -0.985. The molecule has 1 heterocycles. The number of hydrogen-bond acceptors (Lipinski definition) is 3. The highest BCUT2D eigenvalue weighted by Gasteiger charge is 2.05. The highest BCUT2D eigenvalue weighted by Crippen LogP contribution is 2.23. The van der Waals surface area contributed by atoms with Gasteiger partial charge in [-0.3, -0.25) is 0 Å². The summed E-state index contributed by atoms with van der Waals surface area (Å²) in [6, 6.07) is 16.0. The van der Waals surface area contributed by atoms with Crippen LogP contribution in [0.15, 0.2) is 60.9 Å². The summed E-state index contributed by atoms with van der Waals surface area (Å²) in [5.74, 6) is 1.30. The average Bonchev–Trinajstić information content (AvgIpc) is 2.72. The van der Waals surface area contributed by atoms with Crippen LogP contribution in [0.5, 0.6) is 5.75 Å². The molecule has 1 unspecified atom stereocenters. The zero-order valence-corrected chi connectivity index (χ0v) is 15.9. The zero-order chi connectivity index (χ0) is 19.1. The third-order valence-corrected chi connectivity index (χ3v) is 4.35. The van der Waals surface area contributed by atoms with Crippen molar-refractivity contribution in [1.82, 2.24) is 9.97 Å². The van der Waals surface area contributed by atoms with Crippen molar-refractivity contribution >= 4 is 0 Å². The molecular formula is C23H25FN2O. The Kier molecular flexibility index (Phi) is 6.53. The normalized spacial score (nSPS) is 12.0. The Labute approximate surface area is 160 Å². The monoisotopic (exact) mass is 364 g/mol. The number of benzene rings is 2. The highest BCUT2D eigenvalue weighted by molar-refractivity contribution is 5.64. The van der Waals surface area contributed by atoms with Crippen LogP contribution in [-0.2, 0) is 6.42 Å². The number of aryl methyl sites for hydroxylation is 1. The quantitative estimate of drug-likeness (QED) is 0.500. The van der Waals surface area contributed by atoms with Crippen molar-refractivity contribution in [2.24, 2.45) is 0 Å². The number of halogens is 1. The molecule has 1 aromatic heterocycles. The first-order valence-electron chi connectivity index (χ1n) is 9.44. The van der Waals surface area contributed by atoms with Crippen molar-refractivity contribution < 1.29 is 9.13 Å². The van der Waals surface area contributed by atoms with Gasteiger partial charge < -0.3 is 4.74 Å². The summed E-state index contributed by atoms with van der Waals surface area (Å²) in [6.45, 7) is 3.74. The van der Waals surface area contributed by atoms with Gasteiger partial charge in [0, 0.05) is 23.5 Å². The lowest BCUT2D eigenvalue weighted by atomic mass is 10.0. The molecule has 4 heteroatoms. The largest absolute Gasteiger partial charge is 0.491 e. The molecule has 0 saturated carbocycles. The van der Waals surface area contributed by atoms with E-state index in [1.165, 1.54) is 25.3 Å². The molecule has 0 aliphatic rings. The minimum absolute atomic E-state index is 0.0573. The Balaban J connectivity index is 1.68. The molecule has 0 spiro atoms. The molecule has 1 atom stereocenters. The van der Waals surface area contributed by atoms with Gasteiger partial charge in [-0.15, -0.1) is 0 Å². The molecule has 3 aromatic rings. The predicted molar refractivity (Wildman–Crippen MR) is 108 cm³/mol. The van der Waals surface area contributed by atoms with Gasteiger partial charge in [0.25, 0.3) is 0 Å². The van der Waals surface area contributed by atoms with Crippen LogP contribution in [0.2, 0.25) is 0 Å². The van der Waals surface area contributed by atoms with Gasteiger partial charge >= 0.3 is 0 Å². The van der Waals surface area contributed by atoms with E-state index in [1.54, 1.807) is 0 Å². The van der Waals surface area contributed by atoms with Crippen LogP contribution in [0.4, 0.5) is 4.39 Å². The number of rotatable bonds is 8. The van der Waals surface area contributed by atoms with Crippen molar-refractivity contribution in [3.05, 3.63) is 66.5 Å². The smallest absolute Gasteiger partial charge is 0.159 e. The van der Waals surface area contributed by atoms with Gasteiger partial charge in [0.2, 0.25) is 0 Å². The number of alkyl halides is 1. The molecule has 2 aromatic carbocycles. The fraction of sp³-hybridized carbons (Fsp3) is 0.304. The maximum Gasteiger partial charge on any atom is 0.159 e. The summed E-state index contributed by atoms with van der Waals surface area (Å²) in [6.07, 6.45) is 6.25. The standard InChI is InChI=1S/C23H25FN2O/c1-3-4-5-18-6-8-19(9-7-18)21-14-25-23(26-15-21)20-10-12-22(13-11-20)27-16-17(2)24/h6-15,17H,3-5,16H2,1-2H3. The first kappa shape index (κ1) is 19.0. The van der Waals surface area contributed by atoms with E-state index in [9.17, 15) is 4.39 Å². The number of hydrogen-bond donors (Lipinski definition) is 0. The van der Waals surface area contributed by atoms with Gasteiger partial charge in [0.1, 0.15) is 18.5 Å². The van der Waals surface area contributed by atoms with Crippen LogP contribution in [0.3, 0.4) is 0 Å². The first-order valence-corrected chi connectivity index (χ1v) is 9.44. The molecule has 0 aliphatic carbocycles. The molecule has 140 valence electrons. The first-order chi connectivity index (χ1) is 13.2. The molecule has 0 fully saturated rings. The fourth-order valence-electron chi connectivity index (χ4n) is 2.78. The molecule has 0 amide bonds. The van der Waals surface area contributed by atoms with Crippen molar-refractivity contribution in [3.63, 3.8) is 0 Å². The van der Waals surface area contributed by atoms with Crippen LogP contribution < -0.4 is 4.74 Å². The van der Waals surface area contributed by atoms with Crippen molar-refractivity contribution in [2.45, 2.75) is 39.3 Å². The summed E-state index contributed by atoms with van der Waals surface area (Å²) in [4.78, 5) is 8.98. The number of ether oxygens (including phenoxy) is 1. The third-order valence-electron chi connectivity index (χ3n) is 4.35. The van der Waals surface area contributed by atoms with Gasteiger partial charge in [-0.05, 0) is 55.2 Å². The van der Waals surface area contributed by atoms with Crippen LogP contribution in [0.25, 0.3) is 22.5 Å². The fourth-order valence-corrected chi connectivity index (χ4v) is 2.78. The maximum atomic E-state index is 12.8. The topological polar surface area (TPSA) is 35.0 Å². The van der Waals surface area contributed by atoms with Gasteiger partial charge in [0.15, 0.2) is 5.82 Å². The molecule has 0 N–H and O–H groups in total. The lowest BCUT2D eigenvalue weighted by Crippen LogP contribution is -2.08. The van der Waals surface area contributed by atoms with E-state index in [4.69, 9.17) is 4.74 Å². The molecule has 3 rings (SSSR count). The summed E-state index contributed by atoms with van der Waals surface area (Å²) in [5, 5.41) is 0. The van der Waals surface area contributed by atoms with Gasteiger partial charge in [-0.25, -0.2) is 14.4 Å². The molecular weight excluding hydrogens is 339 g/mol. The van der Waals surface area contributed by atoms with Gasteiger partial charge in [0.05, 0.1) is 0 Å². The van der Waals surface area contributed by atoms with E-state index < -0.39 is 6.17 Å².